The molecule has 0 fully saturated rings. The van der Waals surface area contributed by atoms with Gasteiger partial charge in [-0.15, -0.1) is 0 Å². The number of hydrogen-bond donors (Lipinski definition) is 2. The molecule has 0 aliphatic carbocycles. The lowest BCUT2D eigenvalue weighted by Gasteiger charge is -2.30. The molecule has 1 aromatic carbocycles. The van der Waals surface area contributed by atoms with Crippen molar-refractivity contribution in [2.45, 2.75) is 19.9 Å². The van der Waals surface area contributed by atoms with Gasteiger partial charge in [0.05, 0.1) is 5.92 Å². The second-order valence-electron chi connectivity index (χ2n) is 4.71. The van der Waals surface area contributed by atoms with Gasteiger partial charge in [-0.05, 0) is 23.6 Å². The molecule has 1 aliphatic heterocycles. The molecular weight excluding hydrogens is 216 g/mol. The number of anilines is 1. The topological polar surface area (TPSA) is 66.6 Å². The number of hydrogen-bond acceptors (Lipinski definition) is 3. The molecule has 2 rings (SSSR count). The fraction of sp³-hybridized carbons (Fsp3) is 0.462. The highest BCUT2D eigenvalue weighted by molar-refractivity contribution is 5.69. The summed E-state index contributed by atoms with van der Waals surface area (Å²) >= 11 is 0. The van der Waals surface area contributed by atoms with Crippen LogP contribution in [0.3, 0.4) is 0 Å². The molecule has 0 radical (unpaired) electrons. The van der Waals surface area contributed by atoms with Crippen LogP contribution in [-0.2, 0) is 17.8 Å². The number of carboxylic acid groups (broad SMARTS) is 1. The maximum atomic E-state index is 10.8. The van der Waals surface area contributed by atoms with Crippen molar-refractivity contribution < 1.29 is 9.90 Å². The van der Waals surface area contributed by atoms with Crippen LogP contribution in [0, 0.1) is 5.92 Å². The molecule has 0 spiro atoms. The molecule has 0 amide bonds. The predicted octanol–water partition coefficient (Wildman–Crippen LogP) is 1.35. The summed E-state index contributed by atoms with van der Waals surface area (Å²) in [6.45, 7) is 4.04. The summed E-state index contributed by atoms with van der Waals surface area (Å²) < 4.78 is 0. The van der Waals surface area contributed by atoms with E-state index in [4.69, 9.17) is 10.8 Å². The van der Waals surface area contributed by atoms with E-state index in [2.05, 4.69) is 11.0 Å². The summed E-state index contributed by atoms with van der Waals surface area (Å²) in [4.78, 5) is 13.0. The Labute approximate surface area is 101 Å². The van der Waals surface area contributed by atoms with E-state index in [1.54, 1.807) is 6.92 Å². The quantitative estimate of drug-likeness (QED) is 0.775. The Hall–Kier alpha value is -1.55. The highest BCUT2D eigenvalue weighted by Crippen LogP contribution is 2.24. The first-order valence-electron chi connectivity index (χ1n) is 5.89. The molecule has 3 N–H and O–H groups in total. The van der Waals surface area contributed by atoms with E-state index in [0.717, 1.165) is 25.2 Å². The van der Waals surface area contributed by atoms with Crippen LogP contribution in [0.25, 0.3) is 0 Å². The van der Waals surface area contributed by atoms with Gasteiger partial charge in [-0.1, -0.05) is 19.1 Å². The molecule has 1 aliphatic rings. The summed E-state index contributed by atoms with van der Waals surface area (Å²) in [6.07, 6.45) is 0.911. The van der Waals surface area contributed by atoms with Gasteiger partial charge in [-0.3, -0.25) is 9.69 Å². The summed E-state index contributed by atoms with van der Waals surface area (Å²) in [6, 6.07) is 5.95. The van der Waals surface area contributed by atoms with Crippen molar-refractivity contribution in [3.63, 3.8) is 0 Å². The molecule has 0 aromatic heterocycles. The van der Waals surface area contributed by atoms with Crippen molar-refractivity contribution in [3.8, 4) is 0 Å². The molecule has 92 valence electrons. The third kappa shape index (κ3) is 2.58. The number of benzene rings is 1. The normalized spacial score (nSPS) is 17.5. The number of nitrogens with two attached hydrogens (primary N) is 1. The molecule has 4 heteroatoms. The average molecular weight is 234 g/mol. The number of rotatable bonds is 3. The van der Waals surface area contributed by atoms with Crippen LogP contribution in [0.4, 0.5) is 5.69 Å². The summed E-state index contributed by atoms with van der Waals surface area (Å²) in [5, 5.41) is 8.91. The number of carboxylic acids is 1. The Morgan fingerprint density at radius 2 is 2.35 bits per heavy atom. The standard InChI is InChI=1S/C13H18N2O2/c1-9(13(16)17)7-15-6-5-11-10(8-15)3-2-4-12(11)14/h2-4,9H,5-8,14H2,1H3,(H,16,17). The maximum absolute atomic E-state index is 10.8. The van der Waals surface area contributed by atoms with E-state index in [1.807, 2.05) is 12.1 Å². The minimum absolute atomic E-state index is 0.322. The first kappa shape index (κ1) is 11.9. The molecule has 1 heterocycles. The second kappa shape index (κ2) is 4.75. The fourth-order valence-electron chi connectivity index (χ4n) is 2.32. The van der Waals surface area contributed by atoms with Gasteiger partial charge in [0.2, 0.25) is 0 Å². The van der Waals surface area contributed by atoms with Crippen LogP contribution in [0.15, 0.2) is 18.2 Å². The van der Waals surface area contributed by atoms with E-state index < -0.39 is 5.97 Å². The van der Waals surface area contributed by atoms with Gasteiger partial charge in [-0.25, -0.2) is 0 Å². The van der Waals surface area contributed by atoms with Crippen molar-refractivity contribution >= 4 is 11.7 Å². The van der Waals surface area contributed by atoms with Crippen molar-refractivity contribution in [1.82, 2.24) is 4.90 Å². The smallest absolute Gasteiger partial charge is 0.307 e. The van der Waals surface area contributed by atoms with Gasteiger partial charge < -0.3 is 10.8 Å². The molecule has 17 heavy (non-hydrogen) atoms. The number of nitrogens with zero attached hydrogens (tertiary/aromatic N) is 1. The van der Waals surface area contributed by atoms with Crippen LogP contribution in [0.2, 0.25) is 0 Å². The Morgan fingerprint density at radius 3 is 3.06 bits per heavy atom. The lowest BCUT2D eigenvalue weighted by atomic mass is 9.97. The van der Waals surface area contributed by atoms with Crippen molar-refractivity contribution in [2.75, 3.05) is 18.8 Å². The highest BCUT2D eigenvalue weighted by atomic mass is 16.4. The molecule has 0 saturated heterocycles. The maximum Gasteiger partial charge on any atom is 0.307 e. The lowest BCUT2D eigenvalue weighted by molar-refractivity contribution is -0.141. The van der Waals surface area contributed by atoms with Gasteiger partial charge in [0.25, 0.3) is 0 Å². The molecule has 0 saturated carbocycles. The zero-order chi connectivity index (χ0) is 12.4. The van der Waals surface area contributed by atoms with E-state index in [1.165, 1.54) is 11.1 Å². The van der Waals surface area contributed by atoms with Crippen LogP contribution < -0.4 is 5.73 Å². The SMILES string of the molecule is CC(CN1CCc2c(N)cccc2C1)C(=O)O. The fourth-order valence-corrected chi connectivity index (χ4v) is 2.32. The van der Waals surface area contributed by atoms with E-state index in [-0.39, 0.29) is 5.92 Å². The number of aliphatic carboxylic acids is 1. The van der Waals surface area contributed by atoms with Gasteiger partial charge in [0, 0.05) is 25.3 Å². The Bertz CT molecular complexity index is 431. The van der Waals surface area contributed by atoms with E-state index in [9.17, 15) is 4.79 Å². The highest BCUT2D eigenvalue weighted by Gasteiger charge is 2.21. The van der Waals surface area contributed by atoms with Crippen molar-refractivity contribution in [2.24, 2.45) is 5.92 Å². The minimum atomic E-state index is -0.733. The van der Waals surface area contributed by atoms with Gasteiger partial charge in [0.1, 0.15) is 0 Å². The summed E-state index contributed by atoms with van der Waals surface area (Å²) in [5.74, 6) is -1.05. The molecular formula is C13H18N2O2. The largest absolute Gasteiger partial charge is 0.481 e. The van der Waals surface area contributed by atoms with Crippen LogP contribution >= 0.6 is 0 Å². The summed E-state index contributed by atoms with van der Waals surface area (Å²) in [7, 11) is 0. The van der Waals surface area contributed by atoms with Gasteiger partial charge >= 0.3 is 5.97 Å². The third-order valence-electron chi connectivity index (χ3n) is 3.33. The minimum Gasteiger partial charge on any atom is -0.481 e. The molecule has 1 atom stereocenters. The zero-order valence-corrected chi connectivity index (χ0v) is 10.0. The zero-order valence-electron chi connectivity index (χ0n) is 10.0. The molecule has 0 bridgehead atoms. The van der Waals surface area contributed by atoms with Crippen molar-refractivity contribution in [3.05, 3.63) is 29.3 Å². The van der Waals surface area contributed by atoms with Gasteiger partial charge in [0.15, 0.2) is 0 Å². The average Bonchev–Trinajstić information content (AvgIpc) is 2.29. The summed E-state index contributed by atoms with van der Waals surface area (Å²) in [5.41, 5.74) is 9.24. The first-order chi connectivity index (χ1) is 8.08. The Balaban J connectivity index is 2.06. The lowest BCUT2D eigenvalue weighted by Crippen LogP contribution is -2.36. The second-order valence-corrected chi connectivity index (χ2v) is 4.71. The Morgan fingerprint density at radius 1 is 1.59 bits per heavy atom. The van der Waals surface area contributed by atoms with Crippen LogP contribution in [-0.4, -0.2) is 29.1 Å². The predicted molar refractivity (Wildman–Crippen MR) is 66.6 cm³/mol. The molecule has 1 unspecified atom stereocenters. The number of carbonyl (C=O) groups is 1. The molecule has 4 nitrogen and oxygen atoms in total. The van der Waals surface area contributed by atoms with Crippen LogP contribution in [0.5, 0.6) is 0 Å². The van der Waals surface area contributed by atoms with Crippen LogP contribution in [0.1, 0.15) is 18.1 Å². The third-order valence-corrected chi connectivity index (χ3v) is 3.33. The number of fused-ring (bicyclic) bond motifs is 1. The molecule has 1 aromatic rings. The van der Waals surface area contributed by atoms with E-state index in [0.29, 0.717) is 6.54 Å². The first-order valence-corrected chi connectivity index (χ1v) is 5.89. The van der Waals surface area contributed by atoms with Gasteiger partial charge in [-0.2, -0.15) is 0 Å². The van der Waals surface area contributed by atoms with Crippen molar-refractivity contribution in [1.29, 1.82) is 0 Å². The Kier molecular flexibility index (Phi) is 3.33. The monoisotopic (exact) mass is 234 g/mol. The number of nitrogen functional groups attached to an aromatic ring is 1. The van der Waals surface area contributed by atoms with E-state index >= 15 is 0 Å².